The Bertz CT molecular complexity index is 856. The van der Waals surface area contributed by atoms with Gasteiger partial charge in [-0.25, -0.2) is 4.98 Å². The number of phenols is 1. The highest BCUT2D eigenvalue weighted by Crippen LogP contribution is 2.17. The molecule has 0 aliphatic rings. The molecule has 0 bridgehead atoms. The summed E-state index contributed by atoms with van der Waals surface area (Å²) in [6, 6.07) is 12.1. The van der Waals surface area contributed by atoms with Crippen LogP contribution in [0.25, 0.3) is 10.9 Å². The Kier molecular flexibility index (Phi) is 3.31. The molecule has 0 saturated carbocycles. The zero-order chi connectivity index (χ0) is 14.8. The molecule has 0 atom stereocenters. The molecule has 2 aromatic carbocycles. The number of aromatic nitrogens is 2. The van der Waals surface area contributed by atoms with Crippen LogP contribution in [-0.4, -0.2) is 22.2 Å². The molecule has 0 aliphatic heterocycles. The maximum atomic E-state index is 12.1. The lowest BCUT2D eigenvalue weighted by atomic mass is 10.1. The monoisotopic (exact) mass is 282 g/mol. The van der Waals surface area contributed by atoms with Crippen LogP contribution in [0.1, 0.15) is 11.4 Å². The molecule has 3 rings (SSSR count). The van der Waals surface area contributed by atoms with Crippen molar-refractivity contribution in [2.45, 2.75) is 6.42 Å². The van der Waals surface area contributed by atoms with Crippen LogP contribution in [0.5, 0.6) is 11.5 Å². The zero-order valence-electron chi connectivity index (χ0n) is 11.5. The van der Waals surface area contributed by atoms with Gasteiger partial charge in [0.25, 0.3) is 5.56 Å². The van der Waals surface area contributed by atoms with Crippen molar-refractivity contribution in [2.24, 2.45) is 0 Å². The van der Waals surface area contributed by atoms with Crippen LogP contribution in [0.15, 0.2) is 47.3 Å². The first-order chi connectivity index (χ1) is 10.2. The van der Waals surface area contributed by atoms with Gasteiger partial charge in [0.1, 0.15) is 17.3 Å². The lowest BCUT2D eigenvalue weighted by Crippen LogP contribution is -2.12. The van der Waals surface area contributed by atoms with E-state index in [-0.39, 0.29) is 11.3 Å². The van der Waals surface area contributed by atoms with Gasteiger partial charge in [-0.1, -0.05) is 12.1 Å². The largest absolute Gasteiger partial charge is 0.508 e. The highest BCUT2D eigenvalue weighted by atomic mass is 16.5. The molecule has 0 aliphatic carbocycles. The minimum Gasteiger partial charge on any atom is -0.508 e. The van der Waals surface area contributed by atoms with Gasteiger partial charge in [0.15, 0.2) is 0 Å². The van der Waals surface area contributed by atoms with Crippen molar-refractivity contribution in [1.29, 1.82) is 0 Å². The van der Waals surface area contributed by atoms with E-state index in [0.29, 0.717) is 28.9 Å². The number of H-pyrrole nitrogens is 1. The lowest BCUT2D eigenvalue weighted by molar-refractivity contribution is 0.415. The molecule has 5 heteroatoms. The number of aromatic amines is 1. The van der Waals surface area contributed by atoms with Crippen molar-refractivity contribution in [1.82, 2.24) is 9.97 Å². The minimum atomic E-state index is -0.200. The standard InChI is InChI=1S/C16H14N2O3/c1-21-12-5-6-14-13(9-12)16(20)18-15(17-14)8-10-3-2-4-11(19)7-10/h2-7,9,19H,8H2,1H3,(H,17,18,20). The number of fused-ring (bicyclic) bond motifs is 1. The summed E-state index contributed by atoms with van der Waals surface area (Å²) in [6.45, 7) is 0. The van der Waals surface area contributed by atoms with E-state index in [9.17, 15) is 9.90 Å². The van der Waals surface area contributed by atoms with E-state index in [1.165, 1.54) is 0 Å². The minimum absolute atomic E-state index is 0.195. The first kappa shape index (κ1) is 13.2. The number of methoxy groups -OCH3 is 1. The molecular formula is C16H14N2O3. The number of nitrogens with one attached hydrogen (secondary N) is 1. The molecule has 0 saturated heterocycles. The molecule has 0 spiro atoms. The van der Waals surface area contributed by atoms with Gasteiger partial charge >= 0.3 is 0 Å². The van der Waals surface area contributed by atoms with Gasteiger partial charge in [0.2, 0.25) is 0 Å². The topological polar surface area (TPSA) is 75.2 Å². The number of hydrogen-bond donors (Lipinski definition) is 2. The van der Waals surface area contributed by atoms with E-state index in [1.807, 2.05) is 6.07 Å². The Hall–Kier alpha value is -2.82. The summed E-state index contributed by atoms with van der Waals surface area (Å²) in [7, 11) is 1.55. The normalized spacial score (nSPS) is 10.7. The van der Waals surface area contributed by atoms with Crippen molar-refractivity contribution in [3.8, 4) is 11.5 Å². The summed E-state index contributed by atoms with van der Waals surface area (Å²) >= 11 is 0. The van der Waals surface area contributed by atoms with E-state index in [0.717, 1.165) is 5.56 Å². The molecule has 2 N–H and O–H groups in total. The Morgan fingerprint density at radius 1 is 1.24 bits per heavy atom. The van der Waals surface area contributed by atoms with Gasteiger partial charge in [-0.2, -0.15) is 0 Å². The van der Waals surface area contributed by atoms with Crippen molar-refractivity contribution in [3.63, 3.8) is 0 Å². The third-order valence-electron chi connectivity index (χ3n) is 3.24. The van der Waals surface area contributed by atoms with Crippen molar-refractivity contribution < 1.29 is 9.84 Å². The zero-order valence-corrected chi connectivity index (χ0v) is 11.5. The predicted molar refractivity (Wildman–Crippen MR) is 79.8 cm³/mol. The van der Waals surface area contributed by atoms with Crippen LogP contribution in [0.3, 0.4) is 0 Å². The first-order valence-corrected chi connectivity index (χ1v) is 6.50. The van der Waals surface area contributed by atoms with Crippen LogP contribution >= 0.6 is 0 Å². The quantitative estimate of drug-likeness (QED) is 0.772. The Morgan fingerprint density at radius 3 is 2.86 bits per heavy atom. The fourth-order valence-electron chi connectivity index (χ4n) is 2.24. The lowest BCUT2D eigenvalue weighted by Gasteiger charge is -2.05. The van der Waals surface area contributed by atoms with E-state index >= 15 is 0 Å². The molecule has 0 amide bonds. The average Bonchev–Trinajstić information content (AvgIpc) is 2.47. The fourth-order valence-corrected chi connectivity index (χ4v) is 2.24. The first-order valence-electron chi connectivity index (χ1n) is 6.50. The van der Waals surface area contributed by atoms with Crippen LogP contribution in [0, 0.1) is 0 Å². The van der Waals surface area contributed by atoms with Gasteiger partial charge in [0, 0.05) is 6.42 Å². The maximum Gasteiger partial charge on any atom is 0.258 e. The molecule has 3 aromatic rings. The molecule has 0 radical (unpaired) electrons. The van der Waals surface area contributed by atoms with Crippen LogP contribution in [0.4, 0.5) is 0 Å². The van der Waals surface area contributed by atoms with Crippen molar-refractivity contribution in [3.05, 3.63) is 64.2 Å². The van der Waals surface area contributed by atoms with Gasteiger partial charge in [-0.05, 0) is 35.9 Å². The third kappa shape index (κ3) is 2.72. The molecule has 0 fully saturated rings. The van der Waals surface area contributed by atoms with Gasteiger partial charge in [-0.3, -0.25) is 4.79 Å². The van der Waals surface area contributed by atoms with E-state index in [2.05, 4.69) is 9.97 Å². The van der Waals surface area contributed by atoms with Crippen molar-refractivity contribution >= 4 is 10.9 Å². The number of benzene rings is 2. The number of nitrogens with zero attached hydrogens (tertiary/aromatic N) is 1. The second-order valence-corrected chi connectivity index (χ2v) is 4.74. The number of phenolic OH excluding ortho intramolecular Hbond substituents is 1. The molecule has 106 valence electrons. The molecule has 1 aromatic heterocycles. The predicted octanol–water partition coefficient (Wildman–Crippen LogP) is 2.23. The Labute approximate surface area is 120 Å². The van der Waals surface area contributed by atoms with Crippen molar-refractivity contribution in [2.75, 3.05) is 7.11 Å². The van der Waals surface area contributed by atoms with Gasteiger partial charge in [0.05, 0.1) is 18.0 Å². The molecule has 21 heavy (non-hydrogen) atoms. The van der Waals surface area contributed by atoms with E-state index in [1.54, 1.807) is 43.5 Å². The summed E-state index contributed by atoms with van der Waals surface area (Å²) in [5, 5.41) is 9.96. The van der Waals surface area contributed by atoms with E-state index < -0.39 is 0 Å². The molecule has 0 unspecified atom stereocenters. The van der Waals surface area contributed by atoms with Gasteiger partial charge < -0.3 is 14.8 Å². The fraction of sp³-hybridized carbons (Fsp3) is 0.125. The summed E-state index contributed by atoms with van der Waals surface area (Å²) in [4.78, 5) is 19.3. The molecular weight excluding hydrogens is 268 g/mol. The highest BCUT2D eigenvalue weighted by Gasteiger charge is 2.06. The summed E-state index contributed by atoms with van der Waals surface area (Å²) < 4.78 is 5.11. The highest BCUT2D eigenvalue weighted by molar-refractivity contribution is 5.79. The Balaban J connectivity index is 2.03. The summed E-state index contributed by atoms with van der Waals surface area (Å²) in [5.74, 6) is 1.37. The number of aromatic hydroxyl groups is 1. The van der Waals surface area contributed by atoms with Crippen LogP contribution < -0.4 is 10.3 Å². The smallest absolute Gasteiger partial charge is 0.258 e. The second kappa shape index (κ2) is 5.28. The average molecular weight is 282 g/mol. The molecule has 1 heterocycles. The van der Waals surface area contributed by atoms with Crippen LogP contribution in [-0.2, 0) is 6.42 Å². The van der Waals surface area contributed by atoms with Gasteiger partial charge in [-0.15, -0.1) is 0 Å². The SMILES string of the molecule is COc1ccc2nc(Cc3cccc(O)c3)[nH]c(=O)c2c1. The van der Waals surface area contributed by atoms with E-state index in [4.69, 9.17) is 4.74 Å². The third-order valence-corrected chi connectivity index (χ3v) is 3.24. The summed E-state index contributed by atoms with van der Waals surface area (Å²) in [6.07, 6.45) is 0.450. The number of ether oxygens (including phenoxy) is 1. The number of hydrogen-bond acceptors (Lipinski definition) is 4. The Morgan fingerprint density at radius 2 is 2.10 bits per heavy atom. The maximum absolute atomic E-state index is 12.1. The second-order valence-electron chi connectivity index (χ2n) is 4.74. The number of rotatable bonds is 3. The van der Waals surface area contributed by atoms with Crippen LogP contribution in [0.2, 0.25) is 0 Å². The molecule has 5 nitrogen and oxygen atoms in total. The summed E-state index contributed by atoms with van der Waals surface area (Å²) in [5.41, 5.74) is 1.30.